The summed E-state index contributed by atoms with van der Waals surface area (Å²) in [5, 5.41) is 0. The first-order chi connectivity index (χ1) is 12.2. The third-order valence-electron chi connectivity index (χ3n) is 3.37. The van der Waals surface area contributed by atoms with Gasteiger partial charge in [0.2, 0.25) is 0 Å². The van der Waals surface area contributed by atoms with Crippen molar-refractivity contribution in [1.82, 2.24) is 0 Å². The van der Waals surface area contributed by atoms with Gasteiger partial charge in [-0.3, -0.25) is 0 Å². The minimum Gasteiger partial charge on any atom is -0.168 e. The Bertz CT molecular complexity index is 733. The summed E-state index contributed by atoms with van der Waals surface area (Å²) in [6.45, 7) is 1.90. The molecule has 0 unspecified atom stereocenters. The van der Waals surface area contributed by atoms with Gasteiger partial charge in [0.1, 0.15) is 0 Å². The largest absolute Gasteiger partial charge is 0.168 e. The van der Waals surface area contributed by atoms with E-state index in [9.17, 15) is 0 Å². The van der Waals surface area contributed by atoms with Crippen LogP contribution in [0.25, 0.3) is 22.3 Å². The van der Waals surface area contributed by atoms with Crippen LogP contribution in [0.15, 0.2) is 84.9 Å². The van der Waals surface area contributed by atoms with Gasteiger partial charge in [0.25, 0.3) is 0 Å². The van der Waals surface area contributed by atoms with Gasteiger partial charge in [-0.05, 0) is 0 Å². The molecule has 4 aliphatic carbocycles. The van der Waals surface area contributed by atoms with Crippen LogP contribution in [0.5, 0.6) is 0 Å². The van der Waals surface area contributed by atoms with Gasteiger partial charge in [0.05, 0.1) is 0 Å². The Balaban J connectivity index is 0.000000144. The Labute approximate surface area is 165 Å². The van der Waals surface area contributed by atoms with Crippen LogP contribution in [0.2, 0.25) is 0 Å². The molecule has 0 saturated heterocycles. The molecule has 0 aromatic carbocycles. The average molecular weight is 445 g/mol. The molecule has 25 heavy (non-hydrogen) atoms. The summed E-state index contributed by atoms with van der Waals surface area (Å²) in [5.74, 6) is 0. The van der Waals surface area contributed by atoms with Gasteiger partial charge >= 0.3 is 46.5 Å². The first kappa shape index (κ1) is 20.1. The summed E-state index contributed by atoms with van der Waals surface area (Å²) < 4.78 is 1.89. The molecule has 0 aromatic rings. The van der Waals surface area contributed by atoms with E-state index in [1.807, 2.05) is 59.2 Å². The Morgan fingerprint density at radius 2 is 1.08 bits per heavy atom. The number of hydrogen-bond donors (Lipinski definition) is 0. The van der Waals surface area contributed by atoms with Crippen molar-refractivity contribution in [3.8, 4) is 22.3 Å². The summed E-state index contributed by atoms with van der Waals surface area (Å²) in [5.41, 5.74) is 4.88. The van der Waals surface area contributed by atoms with Crippen molar-refractivity contribution in [1.29, 1.82) is 0 Å². The van der Waals surface area contributed by atoms with Crippen molar-refractivity contribution in [2.24, 2.45) is 0 Å². The zero-order valence-corrected chi connectivity index (χ0v) is 17.9. The molecule has 0 amide bonds. The van der Waals surface area contributed by atoms with Crippen LogP contribution in [0, 0.1) is 12.1 Å². The van der Waals surface area contributed by atoms with E-state index in [-0.39, 0.29) is 0 Å². The fraction of sp³-hybridized carbons (Fsp3) is 0.0455. The summed E-state index contributed by atoms with van der Waals surface area (Å²) >= 11 is -1.76. The van der Waals surface area contributed by atoms with Crippen LogP contribution in [0.4, 0.5) is 0 Å². The third kappa shape index (κ3) is 7.24. The smallest absolute Gasteiger partial charge is 0.0723 e. The van der Waals surface area contributed by atoms with Crippen LogP contribution < -0.4 is 0 Å². The van der Waals surface area contributed by atoms with Crippen molar-refractivity contribution >= 4 is 20.7 Å². The van der Waals surface area contributed by atoms with Crippen molar-refractivity contribution in [2.75, 3.05) is 0 Å². The van der Waals surface area contributed by atoms with Gasteiger partial charge in [-0.15, -0.1) is 59.7 Å². The van der Waals surface area contributed by atoms with E-state index in [2.05, 4.69) is 48.5 Å². The van der Waals surface area contributed by atoms with E-state index >= 15 is 0 Å². The molecule has 0 N–H and O–H groups in total. The fourth-order valence-electron chi connectivity index (χ4n) is 2.12. The zero-order chi connectivity index (χ0) is 17.9. The van der Waals surface area contributed by atoms with Crippen LogP contribution in [0.3, 0.4) is 0 Å². The van der Waals surface area contributed by atoms with Gasteiger partial charge in [0.15, 0.2) is 0 Å². The fourth-order valence-corrected chi connectivity index (χ4v) is 2.12. The SMILES string of the molecule is C[CH]=[Zr]([Cl])[Cl].[c-]1ccc2cccccc1-2.[c-]1ccc2cccccc1-2. The topological polar surface area (TPSA) is 0 Å². The summed E-state index contributed by atoms with van der Waals surface area (Å²) in [4.78, 5) is 0. The van der Waals surface area contributed by atoms with E-state index < -0.39 is 18.9 Å². The predicted octanol–water partition coefficient (Wildman–Crippen LogP) is 6.92. The first-order valence-corrected chi connectivity index (χ1v) is 15.6. The van der Waals surface area contributed by atoms with Crippen molar-refractivity contribution in [2.45, 2.75) is 6.92 Å². The van der Waals surface area contributed by atoms with Crippen molar-refractivity contribution in [3.05, 3.63) is 97.1 Å². The number of hydrogen-bond acceptors (Lipinski definition) is 0. The quantitative estimate of drug-likeness (QED) is 0.258. The van der Waals surface area contributed by atoms with E-state index in [1.54, 1.807) is 0 Å². The maximum absolute atomic E-state index is 5.37. The summed E-state index contributed by atoms with van der Waals surface area (Å²) in [7, 11) is 10.7. The Morgan fingerprint density at radius 3 is 1.48 bits per heavy atom. The van der Waals surface area contributed by atoms with Gasteiger partial charge in [-0.25, -0.2) is 0 Å². The molecule has 0 aromatic heterocycles. The Hall–Kier alpha value is -1.27. The van der Waals surface area contributed by atoms with Gasteiger partial charge in [0, 0.05) is 0 Å². The third-order valence-corrected chi connectivity index (χ3v) is 7.02. The molecule has 0 atom stereocenters. The van der Waals surface area contributed by atoms with Gasteiger partial charge in [-0.1, -0.05) is 24.3 Å². The second kappa shape index (κ2) is 11.4. The van der Waals surface area contributed by atoms with E-state index in [4.69, 9.17) is 17.0 Å². The molecule has 0 bridgehead atoms. The van der Waals surface area contributed by atoms with Crippen LogP contribution in [-0.2, 0) is 18.9 Å². The van der Waals surface area contributed by atoms with Crippen LogP contribution in [-0.4, -0.2) is 3.71 Å². The minimum absolute atomic E-state index is 1.19. The van der Waals surface area contributed by atoms with Crippen LogP contribution >= 0.6 is 17.0 Å². The standard InChI is InChI=1S/2C10H7.C2H4.2ClH.Zr/c2*1-2-5-9-7-4-8-10(9)6-3-1;1-2;;;/h2*1-7H;1H,2H3;2*1H;/q2*-1;;;;+2/p-2. The summed E-state index contributed by atoms with van der Waals surface area (Å²) in [6.07, 6.45) is 0. The number of rotatable bonds is 0. The Kier molecular flexibility index (Phi) is 9.12. The van der Waals surface area contributed by atoms with E-state index in [0.717, 1.165) is 0 Å². The van der Waals surface area contributed by atoms with Crippen molar-refractivity contribution < 1.29 is 18.9 Å². The molecule has 0 fully saturated rings. The maximum Gasteiger partial charge on any atom is -0.0723 e. The minimum atomic E-state index is -1.76. The molecular weight excluding hydrogens is 426 g/mol. The Morgan fingerprint density at radius 1 is 0.680 bits per heavy atom. The first-order valence-electron chi connectivity index (χ1n) is 7.89. The maximum atomic E-state index is 5.37. The average Bonchev–Trinajstić information content (AvgIpc) is 3.13. The molecule has 0 spiro atoms. The molecular formula is C22H18Cl2Zr-2. The second-order valence-corrected chi connectivity index (χ2v) is 13.9. The second-order valence-electron chi connectivity index (χ2n) is 5.09. The molecule has 4 aliphatic rings. The molecule has 0 aliphatic heterocycles. The van der Waals surface area contributed by atoms with E-state index in [0.29, 0.717) is 0 Å². The van der Waals surface area contributed by atoms with Crippen LogP contribution in [0.1, 0.15) is 6.92 Å². The zero-order valence-electron chi connectivity index (χ0n) is 13.9. The summed E-state index contributed by atoms with van der Waals surface area (Å²) in [6, 6.07) is 34.8. The molecule has 0 radical (unpaired) electrons. The molecule has 0 heterocycles. The van der Waals surface area contributed by atoms with Gasteiger partial charge < -0.3 is 0 Å². The van der Waals surface area contributed by atoms with E-state index in [1.165, 1.54) is 22.3 Å². The predicted molar refractivity (Wildman–Crippen MR) is 107 cm³/mol. The molecule has 0 nitrogen and oxygen atoms in total. The van der Waals surface area contributed by atoms with Crippen molar-refractivity contribution in [3.63, 3.8) is 0 Å². The molecule has 126 valence electrons. The van der Waals surface area contributed by atoms with Gasteiger partial charge in [-0.2, -0.15) is 35.4 Å². The molecule has 0 saturated carbocycles. The monoisotopic (exact) mass is 442 g/mol. The number of halogens is 2. The molecule has 3 heteroatoms. The normalized spacial score (nSPS) is 9.40. The number of fused-ring (bicyclic) bond motifs is 2. The molecule has 4 rings (SSSR count).